The lowest BCUT2D eigenvalue weighted by atomic mass is 9.81. The first-order chi connectivity index (χ1) is 13.6. The number of hydrogen-bond acceptors (Lipinski definition) is 6. The van der Waals surface area contributed by atoms with E-state index in [1.165, 1.54) is 0 Å². The number of hydrogen-bond donors (Lipinski definition) is 0. The molecule has 4 rings (SSSR count). The van der Waals surface area contributed by atoms with Gasteiger partial charge in [0.2, 0.25) is 12.4 Å². The molecule has 0 bridgehead atoms. The summed E-state index contributed by atoms with van der Waals surface area (Å²) in [5, 5.41) is 0. The van der Waals surface area contributed by atoms with Crippen LogP contribution in [0.15, 0.2) is 24.3 Å². The third-order valence-electron chi connectivity index (χ3n) is 5.64. The van der Waals surface area contributed by atoms with Crippen LogP contribution in [0.1, 0.15) is 39.6 Å². The molecule has 1 aromatic carbocycles. The van der Waals surface area contributed by atoms with E-state index in [-0.39, 0.29) is 11.7 Å². The predicted molar refractivity (Wildman–Crippen MR) is 105 cm³/mol. The summed E-state index contributed by atoms with van der Waals surface area (Å²) in [5.74, 6) is 1.68. The van der Waals surface area contributed by atoms with E-state index in [4.69, 9.17) is 9.72 Å². The number of aryl methyl sites for hydroxylation is 1. The van der Waals surface area contributed by atoms with Crippen LogP contribution in [0.2, 0.25) is 0 Å². The van der Waals surface area contributed by atoms with Gasteiger partial charge >= 0.3 is 0 Å². The van der Waals surface area contributed by atoms with Gasteiger partial charge in [-0.3, -0.25) is 9.59 Å². The van der Waals surface area contributed by atoms with Gasteiger partial charge in [-0.25, -0.2) is 9.97 Å². The summed E-state index contributed by atoms with van der Waals surface area (Å²) >= 11 is 0. The van der Waals surface area contributed by atoms with Crippen molar-refractivity contribution < 1.29 is 14.3 Å². The largest absolute Gasteiger partial charge is 0.497 e. The van der Waals surface area contributed by atoms with E-state index in [9.17, 15) is 9.59 Å². The molecule has 0 radical (unpaired) electrons. The molecule has 0 spiro atoms. The van der Waals surface area contributed by atoms with Gasteiger partial charge in [0.15, 0.2) is 5.78 Å². The average Bonchev–Trinajstić information content (AvgIpc) is 2.73. The molecule has 1 aromatic heterocycles. The van der Waals surface area contributed by atoms with Gasteiger partial charge in [0.25, 0.3) is 0 Å². The summed E-state index contributed by atoms with van der Waals surface area (Å²) in [5.41, 5.74) is 3.38. The Labute approximate surface area is 164 Å². The third kappa shape index (κ3) is 3.44. The highest BCUT2D eigenvalue weighted by Gasteiger charge is 2.31. The lowest BCUT2D eigenvalue weighted by Gasteiger charge is -2.33. The number of carbonyl (C=O) groups is 2. The number of nitrogens with zero attached hydrogens (tertiary/aromatic N) is 4. The molecule has 1 unspecified atom stereocenters. The Hall–Kier alpha value is -2.96. The molecule has 1 amide bonds. The Bertz CT molecular complexity index is 889. The minimum Gasteiger partial charge on any atom is -0.497 e. The Morgan fingerprint density at radius 3 is 2.43 bits per heavy atom. The van der Waals surface area contributed by atoms with E-state index in [0.29, 0.717) is 44.1 Å². The summed E-state index contributed by atoms with van der Waals surface area (Å²) < 4.78 is 5.23. The van der Waals surface area contributed by atoms with Crippen molar-refractivity contribution in [1.29, 1.82) is 0 Å². The van der Waals surface area contributed by atoms with Crippen molar-refractivity contribution in [3.63, 3.8) is 0 Å². The maximum atomic E-state index is 12.8. The number of anilines is 1. The van der Waals surface area contributed by atoms with E-state index < -0.39 is 0 Å². The van der Waals surface area contributed by atoms with Crippen molar-refractivity contribution in [1.82, 2.24) is 14.9 Å². The van der Waals surface area contributed by atoms with E-state index in [0.717, 1.165) is 35.5 Å². The van der Waals surface area contributed by atoms with Crippen LogP contribution in [0.25, 0.3) is 0 Å². The molecule has 7 nitrogen and oxygen atoms in total. The fraction of sp³-hybridized carbons (Fsp3) is 0.429. The number of rotatable bonds is 4. The number of Topliss-reactive ketones (excluding diaryl/α,β-unsaturated/α-hetero) is 1. The molecule has 0 saturated carbocycles. The molecule has 1 aliphatic heterocycles. The molecule has 1 fully saturated rings. The Morgan fingerprint density at radius 2 is 1.79 bits per heavy atom. The van der Waals surface area contributed by atoms with E-state index in [1.54, 1.807) is 12.0 Å². The lowest BCUT2D eigenvalue weighted by molar-refractivity contribution is -0.118. The molecular weight excluding hydrogens is 356 g/mol. The van der Waals surface area contributed by atoms with Gasteiger partial charge in [-0.2, -0.15) is 0 Å². The Balaban J connectivity index is 1.60. The highest BCUT2D eigenvalue weighted by atomic mass is 16.5. The van der Waals surface area contributed by atoms with Gasteiger partial charge in [0.05, 0.1) is 24.1 Å². The van der Waals surface area contributed by atoms with E-state index >= 15 is 0 Å². The zero-order chi connectivity index (χ0) is 19.7. The summed E-state index contributed by atoms with van der Waals surface area (Å²) in [6.07, 6.45) is 2.08. The number of aromatic nitrogens is 2. The number of methoxy groups -OCH3 is 1. The van der Waals surface area contributed by atoms with Gasteiger partial charge in [0.1, 0.15) is 5.75 Å². The number of piperazine rings is 1. The number of fused-ring (bicyclic) bond motifs is 1. The third-order valence-corrected chi connectivity index (χ3v) is 5.64. The highest BCUT2D eigenvalue weighted by molar-refractivity contribution is 5.99. The molecule has 0 N–H and O–H groups in total. The number of carbonyl (C=O) groups excluding carboxylic acids is 2. The summed E-state index contributed by atoms with van der Waals surface area (Å²) in [7, 11) is 1.64. The standard InChI is InChI=1S/C21H24N4O3/c1-14-20-18(23-21(22-14)25-9-7-24(13-26)8-10-25)11-16(12-19(20)27)15-3-5-17(28-2)6-4-15/h3-6,13,16H,7-12H2,1-2H3. The van der Waals surface area contributed by atoms with Crippen LogP contribution in [0.5, 0.6) is 5.75 Å². The fourth-order valence-electron chi connectivity index (χ4n) is 4.04. The maximum absolute atomic E-state index is 12.8. The van der Waals surface area contributed by atoms with Gasteiger partial charge in [-0.05, 0) is 37.0 Å². The van der Waals surface area contributed by atoms with Crippen LogP contribution in [-0.4, -0.2) is 60.4 Å². The van der Waals surface area contributed by atoms with Gasteiger partial charge in [-0.15, -0.1) is 0 Å². The monoisotopic (exact) mass is 380 g/mol. The Morgan fingerprint density at radius 1 is 1.07 bits per heavy atom. The summed E-state index contributed by atoms with van der Waals surface area (Å²) in [6.45, 7) is 4.61. The van der Waals surface area contributed by atoms with Gasteiger partial charge < -0.3 is 14.5 Å². The normalized spacial score (nSPS) is 19.4. The van der Waals surface area contributed by atoms with Crippen molar-refractivity contribution in [3.05, 3.63) is 46.8 Å². The number of ether oxygens (including phenoxy) is 1. The van der Waals surface area contributed by atoms with Crippen molar-refractivity contribution in [2.45, 2.75) is 25.7 Å². The molecule has 1 aliphatic carbocycles. The second-order valence-corrected chi connectivity index (χ2v) is 7.36. The van der Waals surface area contributed by atoms with Crippen molar-refractivity contribution >= 4 is 18.1 Å². The van der Waals surface area contributed by atoms with Crippen molar-refractivity contribution in [3.8, 4) is 5.75 Å². The SMILES string of the molecule is COc1ccc(C2CC(=O)c3c(C)nc(N4CCN(C=O)CC4)nc3C2)cc1. The molecule has 2 aliphatic rings. The molecule has 2 aromatic rings. The molecule has 28 heavy (non-hydrogen) atoms. The van der Waals surface area contributed by atoms with Crippen LogP contribution in [-0.2, 0) is 11.2 Å². The van der Waals surface area contributed by atoms with Crippen LogP contribution in [0, 0.1) is 6.92 Å². The average molecular weight is 380 g/mol. The Kier molecular flexibility index (Phi) is 4.98. The first-order valence-corrected chi connectivity index (χ1v) is 9.58. The topological polar surface area (TPSA) is 75.6 Å². The minimum absolute atomic E-state index is 0.108. The zero-order valence-corrected chi connectivity index (χ0v) is 16.2. The van der Waals surface area contributed by atoms with E-state index in [1.807, 2.05) is 31.2 Å². The minimum atomic E-state index is 0.108. The lowest BCUT2D eigenvalue weighted by Crippen LogP contribution is -2.46. The molecule has 1 saturated heterocycles. The first kappa shape index (κ1) is 18.4. The second kappa shape index (κ2) is 7.58. The van der Waals surface area contributed by atoms with Gasteiger partial charge in [0, 0.05) is 32.6 Å². The molecule has 1 atom stereocenters. The second-order valence-electron chi connectivity index (χ2n) is 7.36. The zero-order valence-electron chi connectivity index (χ0n) is 16.2. The predicted octanol–water partition coefficient (Wildman–Crippen LogP) is 1.98. The molecule has 146 valence electrons. The molecular formula is C21H24N4O3. The first-order valence-electron chi connectivity index (χ1n) is 9.58. The van der Waals surface area contributed by atoms with Crippen molar-refractivity contribution in [2.24, 2.45) is 0 Å². The number of amides is 1. The van der Waals surface area contributed by atoms with E-state index in [2.05, 4.69) is 9.88 Å². The maximum Gasteiger partial charge on any atom is 0.225 e. The van der Waals surface area contributed by atoms with Crippen LogP contribution in [0.3, 0.4) is 0 Å². The number of ketones is 1. The number of benzene rings is 1. The summed E-state index contributed by atoms with van der Waals surface area (Å²) in [6, 6.07) is 7.90. The van der Waals surface area contributed by atoms with Crippen LogP contribution < -0.4 is 9.64 Å². The molecule has 2 heterocycles. The van der Waals surface area contributed by atoms with Crippen LogP contribution in [0.4, 0.5) is 5.95 Å². The highest BCUT2D eigenvalue weighted by Crippen LogP contribution is 2.34. The smallest absolute Gasteiger partial charge is 0.225 e. The van der Waals surface area contributed by atoms with Gasteiger partial charge in [-0.1, -0.05) is 12.1 Å². The summed E-state index contributed by atoms with van der Waals surface area (Å²) in [4.78, 5) is 37.0. The molecule has 7 heteroatoms. The quantitative estimate of drug-likeness (QED) is 0.755. The van der Waals surface area contributed by atoms with Crippen LogP contribution >= 0.6 is 0 Å². The fourth-order valence-corrected chi connectivity index (χ4v) is 4.04. The van der Waals surface area contributed by atoms with Crippen molar-refractivity contribution in [2.75, 3.05) is 38.2 Å².